The number of aromatic nitrogens is 3. The van der Waals surface area contributed by atoms with E-state index >= 15 is 0 Å². The van der Waals surface area contributed by atoms with Gasteiger partial charge >= 0.3 is 0 Å². The van der Waals surface area contributed by atoms with Gasteiger partial charge in [0, 0.05) is 11.8 Å². The predicted molar refractivity (Wildman–Crippen MR) is 97.4 cm³/mol. The van der Waals surface area contributed by atoms with Gasteiger partial charge in [0.25, 0.3) is 0 Å². The number of rotatable bonds is 5. The Labute approximate surface area is 152 Å². The van der Waals surface area contributed by atoms with Crippen LogP contribution in [0.4, 0.5) is 21.7 Å². The maximum Gasteiger partial charge on any atom is 0.249 e. The van der Waals surface area contributed by atoms with Gasteiger partial charge < -0.3 is 15.4 Å². The van der Waals surface area contributed by atoms with Crippen LogP contribution in [0.15, 0.2) is 43.2 Å². The average molecular weight is 374 g/mol. The van der Waals surface area contributed by atoms with Crippen LogP contribution in [0.25, 0.3) is 11.0 Å². The smallest absolute Gasteiger partial charge is 0.249 e. The number of anilines is 3. The number of ether oxygens (including phenoxy) is 1. The fourth-order valence-corrected chi connectivity index (χ4v) is 2.36. The summed E-state index contributed by atoms with van der Waals surface area (Å²) in [6.07, 6.45) is 2.46. The van der Waals surface area contributed by atoms with Gasteiger partial charge in [0.2, 0.25) is 5.91 Å². The third-order valence-corrected chi connectivity index (χ3v) is 3.69. The third kappa shape index (κ3) is 3.55. The highest BCUT2D eigenvalue weighted by molar-refractivity contribution is 6.31. The molecule has 0 aliphatic heterocycles. The molecule has 26 heavy (non-hydrogen) atoms. The second-order valence-corrected chi connectivity index (χ2v) is 5.48. The lowest BCUT2D eigenvalue weighted by Gasteiger charge is -2.12. The van der Waals surface area contributed by atoms with Crippen molar-refractivity contribution in [2.75, 3.05) is 17.7 Å². The van der Waals surface area contributed by atoms with Crippen molar-refractivity contribution in [1.82, 2.24) is 15.0 Å². The minimum atomic E-state index is -0.526. The van der Waals surface area contributed by atoms with Gasteiger partial charge in [0.05, 0.1) is 17.6 Å². The van der Waals surface area contributed by atoms with Crippen molar-refractivity contribution in [1.29, 1.82) is 0 Å². The summed E-state index contributed by atoms with van der Waals surface area (Å²) in [4.78, 5) is 24.3. The molecule has 0 bridgehead atoms. The lowest BCUT2D eigenvalue weighted by atomic mass is 10.3. The quantitative estimate of drug-likeness (QED) is 0.663. The van der Waals surface area contributed by atoms with Crippen molar-refractivity contribution < 1.29 is 13.9 Å². The van der Waals surface area contributed by atoms with Gasteiger partial charge in [-0.1, -0.05) is 18.2 Å². The van der Waals surface area contributed by atoms with Crippen LogP contribution in [-0.4, -0.2) is 28.0 Å². The molecule has 0 spiro atoms. The largest absolute Gasteiger partial charge is 0.493 e. The molecule has 0 saturated carbocycles. The van der Waals surface area contributed by atoms with Crippen LogP contribution in [-0.2, 0) is 4.79 Å². The van der Waals surface area contributed by atoms with Gasteiger partial charge in [0.1, 0.15) is 17.7 Å². The third-order valence-electron chi connectivity index (χ3n) is 3.40. The average Bonchev–Trinajstić information content (AvgIpc) is 2.64. The molecule has 0 aliphatic carbocycles. The summed E-state index contributed by atoms with van der Waals surface area (Å²) in [5, 5.41) is 5.55. The fraction of sp³-hybridized carbons (Fsp3) is 0.0588. The number of carbonyl (C=O) groups excluding carboxylic acids is 1. The van der Waals surface area contributed by atoms with E-state index < -0.39 is 11.7 Å². The zero-order chi connectivity index (χ0) is 18.7. The molecule has 0 unspecified atom stereocenters. The Hall–Kier alpha value is -3.26. The van der Waals surface area contributed by atoms with Crippen molar-refractivity contribution in [2.24, 2.45) is 0 Å². The molecule has 9 heteroatoms. The number of benzene rings is 1. The van der Waals surface area contributed by atoms with Gasteiger partial charge in [-0.2, -0.15) is 0 Å². The van der Waals surface area contributed by atoms with E-state index in [1.807, 2.05) is 0 Å². The molecule has 0 fully saturated rings. The summed E-state index contributed by atoms with van der Waals surface area (Å²) in [6, 6.07) is 5.79. The maximum atomic E-state index is 13.3. The predicted octanol–water partition coefficient (Wildman–Crippen LogP) is 3.69. The standard InChI is InChI=1S/C17H13ClFN5O2/c1-3-14(25)23-16-13(26-2)7-12-15(24-16)17(21-8-20-12)22-9-4-5-11(19)10(18)6-9/h3-8H,1H2,2H3,(H,20,21,22)(H,23,24,25). The van der Waals surface area contributed by atoms with E-state index in [0.29, 0.717) is 28.3 Å². The van der Waals surface area contributed by atoms with Crippen LogP contribution in [0, 0.1) is 5.82 Å². The van der Waals surface area contributed by atoms with Gasteiger partial charge in [-0.05, 0) is 24.3 Å². The van der Waals surface area contributed by atoms with E-state index in [-0.39, 0.29) is 10.8 Å². The lowest BCUT2D eigenvalue weighted by molar-refractivity contribution is -0.111. The number of halogens is 2. The first-order valence-corrected chi connectivity index (χ1v) is 7.75. The van der Waals surface area contributed by atoms with Crippen LogP contribution < -0.4 is 15.4 Å². The fourth-order valence-electron chi connectivity index (χ4n) is 2.18. The van der Waals surface area contributed by atoms with E-state index in [1.165, 1.54) is 31.6 Å². The van der Waals surface area contributed by atoms with E-state index in [1.54, 1.807) is 6.07 Å². The molecule has 2 aromatic heterocycles. The van der Waals surface area contributed by atoms with Gasteiger partial charge in [-0.3, -0.25) is 4.79 Å². The van der Waals surface area contributed by atoms with Gasteiger partial charge in [0.15, 0.2) is 17.4 Å². The van der Waals surface area contributed by atoms with Crippen LogP contribution in [0.2, 0.25) is 5.02 Å². The molecule has 1 aromatic carbocycles. The van der Waals surface area contributed by atoms with Crippen LogP contribution in [0.3, 0.4) is 0 Å². The SMILES string of the molecule is C=CC(=O)Nc1nc2c(Nc3ccc(F)c(Cl)c3)ncnc2cc1OC. The lowest BCUT2D eigenvalue weighted by Crippen LogP contribution is -2.11. The number of methoxy groups -OCH3 is 1. The monoisotopic (exact) mass is 373 g/mol. The number of nitrogens with one attached hydrogen (secondary N) is 2. The summed E-state index contributed by atoms with van der Waals surface area (Å²) < 4.78 is 18.6. The van der Waals surface area contributed by atoms with E-state index in [9.17, 15) is 9.18 Å². The molecule has 3 rings (SSSR count). The van der Waals surface area contributed by atoms with Crippen LogP contribution in [0.5, 0.6) is 5.75 Å². The molecule has 1 amide bonds. The highest BCUT2D eigenvalue weighted by Gasteiger charge is 2.14. The molecule has 0 radical (unpaired) electrons. The Morgan fingerprint density at radius 3 is 2.81 bits per heavy atom. The second kappa shape index (κ2) is 7.32. The van der Waals surface area contributed by atoms with Crippen molar-refractivity contribution >= 4 is 45.9 Å². The summed E-state index contributed by atoms with van der Waals surface area (Å²) in [5.41, 5.74) is 1.39. The minimum Gasteiger partial charge on any atom is -0.493 e. The maximum absolute atomic E-state index is 13.3. The number of amides is 1. The summed E-state index contributed by atoms with van der Waals surface area (Å²) in [7, 11) is 1.45. The number of nitrogens with zero attached hydrogens (tertiary/aromatic N) is 3. The van der Waals surface area contributed by atoms with Crippen LogP contribution >= 0.6 is 11.6 Å². The first kappa shape index (κ1) is 17.6. The highest BCUT2D eigenvalue weighted by Crippen LogP contribution is 2.30. The number of fused-ring (bicyclic) bond motifs is 1. The molecule has 7 nitrogen and oxygen atoms in total. The van der Waals surface area contributed by atoms with Crippen molar-refractivity contribution in [3.05, 3.63) is 54.1 Å². The molecule has 132 valence electrons. The molecule has 2 N–H and O–H groups in total. The van der Waals surface area contributed by atoms with E-state index in [4.69, 9.17) is 16.3 Å². The molecular weight excluding hydrogens is 361 g/mol. The Morgan fingerprint density at radius 1 is 1.31 bits per heavy atom. The zero-order valence-electron chi connectivity index (χ0n) is 13.6. The van der Waals surface area contributed by atoms with Gasteiger partial charge in [-0.15, -0.1) is 0 Å². The summed E-state index contributed by atoms with van der Waals surface area (Å²) >= 11 is 5.80. The summed E-state index contributed by atoms with van der Waals surface area (Å²) in [5.74, 6) is -0.0784. The van der Waals surface area contributed by atoms with Gasteiger partial charge in [-0.25, -0.2) is 19.3 Å². The number of hydrogen-bond acceptors (Lipinski definition) is 6. The Morgan fingerprint density at radius 2 is 2.12 bits per heavy atom. The Kier molecular flexibility index (Phi) is 4.94. The minimum absolute atomic E-state index is 0.0260. The van der Waals surface area contributed by atoms with E-state index in [0.717, 1.165) is 6.08 Å². The number of hydrogen-bond donors (Lipinski definition) is 2. The molecule has 3 aromatic rings. The molecule has 2 heterocycles. The molecule has 0 aliphatic rings. The Bertz CT molecular complexity index is 1010. The topological polar surface area (TPSA) is 89.0 Å². The van der Waals surface area contributed by atoms with Crippen molar-refractivity contribution in [3.8, 4) is 5.75 Å². The molecule has 0 atom stereocenters. The number of carbonyl (C=O) groups is 1. The molecular formula is C17H13ClFN5O2. The van der Waals surface area contributed by atoms with E-state index in [2.05, 4.69) is 32.2 Å². The normalized spacial score (nSPS) is 10.4. The van der Waals surface area contributed by atoms with Crippen molar-refractivity contribution in [3.63, 3.8) is 0 Å². The number of pyridine rings is 1. The highest BCUT2D eigenvalue weighted by atomic mass is 35.5. The van der Waals surface area contributed by atoms with Crippen LogP contribution in [0.1, 0.15) is 0 Å². The van der Waals surface area contributed by atoms with Crippen molar-refractivity contribution in [2.45, 2.75) is 0 Å². The molecule has 0 saturated heterocycles. The first-order chi connectivity index (χ1) is 12.5. The zero-order valence-corrected chi connectivity index (χ0v) is 14.3. The second-order valence-electron chi connectivity index (χ2n) is 5.08. The Balaban J connectivity index is 2.07. The first-order valence-electron chi connectivity index (χ1n) is 7.37. The summed E-state index contributed by atoms with van der Waals surface area (Å²) in [6.45, 7) is 3.40.